The van der Waals surface area contributed by atoms with E-state index in [1.807, 2.05) is 44.2 Å². The summed E-state index contributed by atoms with van der Waals surface area (Å²) in [6.45, 7) is 8.96. The molecule has 0 saturated carbocycles. The quantitative estimate of drug-likeness (QED) is 0.596. The number of hydrogen-bond acceptors (Lipinski definition) is 1. The highest BCUT2D eigenvalue weighted by Gasteiger charge is 2.26. The summed E-state index contributed by atoms with van der Waals surface area (Å²) in [7, 11) is 0. The lowest BCUT2D eigenvalue weighted by atomic mass is 9.79. The molecule has 0 unspecified atom stereocenters. The fourth-order valence-corrected chi connectivity index (χ4v) is 1.73. The summed E-state index contributed by atoms with van der Waals surface area (Å²) in [6.07, 6.45) is 0.795. The molecule has 100 valence electrons. The molecular weight excluding hydrogens is 232 g/mol. The number of halogens is 2. The van der Waals surface area contributed by atoms with Gasteiger partial charge in [-0.05, 0) is 17.4 Å². The van der Waals surface area contributed by atoms with Crippen LogP contribution >= 0.6 is 0 Å². The Kier molecular flexibility index (Phi) is 4.63. The highest BCUT2D eigenvalue weighted by atomic mass is 19.3. The van der Waals surface area contributed by atoms with Crippen LogP contribution in [0.3, 0.4) is 0 Å². The van der Waals surface area contributed by atoms with Gasteiger partial charge in [-0.15, -0.1) is 0 Å². The topological polar surface area (TPSA) is 12.0 Å². The highest BCUT2D eigenvalue weighted by molar-refractivity contribution is 5.21. The molecule has 0 radical (unpaired) electrons. The van der Waals surface area contributed by atoms with Gasteiger partial charge in [0.2, 0.25) is 0 Å². The van der Waals surface area contributed by atoms with Gasteiger partial charge in [-0.25, -0.2) is 0 Å². The van der Waals surface area contributed by atoms with Crippen LogP contribution in [0.2, 0.25) is 0 Å². The van der Waals surface area contributed by atoms with Crippen molar-refractivity contribution >= 4 is 0 Å². The second-order valence-corrected chi connectivity index (χ2v) is 5.39. The Hall–Kier alpha value is -1.22. The molecule has 1 aromatic rings. The maximum atomic E-state index is 12.7. The van der Waals surface area contributed by atoms with Gasteiger partial charge in [0.05, 0.1) is 0 Å². The summed E-state index contributed by atoms with van der Waals surface area (Å²) < 4.78 is 25.5. The van der Waals surface area contributed by atoms with Crippen LogP contribution in [0.15, 0.2) is 42.5 Å². The summed E-state index contributed by atoms with van der Waals surface area (Å²) >= 11 is 0. The molecule has 1 aromatic carbocycles. The first kappa shape index (κ1) is 14.8. The lowest BCUT2D eigenvalue weighted by molar-refractivity contribution is -0.0127. The van der Waals surface area contributed by atoms with Crippen LogP contribution in [0, 0.1) is 5.41 Å². The van der Waals surface area contributed by atoms with E-state index in [1.54, 1.807) is 0 Å². The van der Waals surface area contributed by atoms with Crippen molar-refractivity contribution in [1.29, 1.82) is 0 Å². The monoisotopic (exact) mass is 253 g/mol. The van der Waals surface area contributed by atoms with Crippen LogP contribution in [-0.4, -0.2) is 12.6 Å². The smallest absolute Gasteiger partial charge is 0.255 e. The maximum absolute atomic E-state index is 12.7. The van der Waals surface area contributed by atoms with Crippen LogP contribution in [0.25, 0.3) is 0 Å². The van der Waals surface area contributed by atoms with Crippen LogP contribution in [0.4, 0.5) is 8.78 Å². The molecule has 1 nitrogen and oxygen atoms in total. The van der Waals surface area contributed by atoms with E-state index < -0.39 is 6.05 Å². The first-order chi connectivity index (χ1) is 8.21. The van der Waals surface area contributed by atoms with E-state index in [0.29, 0.717) is 0 Å². The molecule has 18 heavy (non-hydrogen) atoms. The Bertz CT molecular complexity index is 391. The van der Waals surface area contributed by atoms with Crippen molar-refractivity contribution in [2.24, 2.45) is 5.41 Å². The normalized spacial score (nSPS) is 12.5. The van der Waals surface area contributed by atoms with Gasteiger partial charge < -0.3 is 0 Å². The molecule has 1 N–H and O–H groups in total. The predicted molar refractivity (Wildman–Crippen MR) is 71.7 cm³/mol. The van der Waals surface area contributed by atoms with E-state index in [4.69, 9.17) is 0 Å². The molecular formula is C15H21F2N. The Labute approximate surface area is 108 Å². The average Bonchev–Trinajstić information content (AvgIpc) is 2.25. The summed E-state index contributed by atoms with van der Waals surface area (Å²) in [6, 6.07) is 7.14. The molecule has 0 aliphatic rings. The van der Waals surface area contributed by atoms with E-state index in [2.05, 4.69) is 11.9 Å². The van der Waals surface area contributed by atoms with Gasteiger partial charge in [0.15, 0.2) is 0 Å². The molecule has 0 aliphatic heterocycles. The fourth-order valence-electron chi connectivity index (χ4n) is 1.73. The van der Waals surface area contributed by atoms with Crippen LogP contribution in [0.1, 0.15) is 26.3 Å². The average molecular weight is 253 g/mol. The molecule has 0 atom stereocenters. The number of alkyl halides is 2. The molecule has 0 saturated heterocycles. The number of rotatable bonds is 6. The van der Waals surface area contributed by atoms with Crippen LogP contribution in [-0.2, 0) is 6.42 Å². The lowest BCUT2D eigenvalue weighted by Gasteiger charge is -2.28. The lowest BCUT2D eigenvalue weighted by Crippen LogP contribution is -2.37. The summed E-state index contributed by atoms with van der Waals surface area (Å²) in [5, 5.41) is 2.18. The van der Waals surface area contributed by atoms with Gasteiger partial charge in [-0.3, -0.25) is 5.32 Å². The van der Waals surface area contributed by atoms with E-state index >= 15 is 0 Å². The predicted octanol–water partition coefficient (Wildman–Crippen LogP) is 4.01. The van der Waals surface area contributed by atoms with Crippen molar-refractivity contribution < 1.29 is 8.78 Å². The largest absolute Gasteiger partial charge is 0.299 e. The van der Waals surface area contributed by atoms with Crippen molar-refractivity contribution in [1.82, 2.24) is 5.32 Å². The van der Waals surface area contributed by atoms with Crippen molar-refractivity contribution in [2.75, 3.05) is 6.54 Å². The Morgan fingerprint density at radius 2 is 1.72 bits per heavy atom. The first-order valence-electron chi connectivity index (χ1n) is 6.06. The summed E-state index contributed by atoms with van der Waals surface area (Å²) in [5.41, 5.74) is 1.76. The molecule has 1 rings (SSSR count). The minimum absolute atomic E-state index is 0.128. The molecule has 0 amide bonds. The van der Waals surface area contributed by atoms with Gasteiger partial charge in [0.1, 0.15) is 0 Å². The summed E-state index contributed by atoms with van der Waals surface area (Å²) in [4.78, 5) is 0. The molecule has 0 bridgehead atoms. The second-order valence-electron chi connectivity index (χ2n) is 5.39. The Balaban J connectivity index is 2.60. The highest BCUT2D eigenvalue weighted by Crippen LogP contribution is 2.29. The molecule has 0 aromatic heterocycles. The number of nitrogens with one attached hydrogen (secondary N) is 1. The Morgan fingerprint density at radius 3 is 2.22 bits per heavy atom. The van der Waals surface area contributed by atoms with Gasteiger partial charge >= 0.3 is 0 Å². The van der Waals surface area contributed by atoms with Crippen molar-refractivity contribution in [3.8, 4) is 0 Å². The second kappa shape index (κ2) is 5.61. The molecule has 0 fully saturated rings. The molecule has 0 aliphatic carbocycles. The van der Waals surface area contributed by atoms with E-state index in [9.17, 15) is 8.78 Å². The van der Waals surface area contributed by atoms with Gasteiger partial charge in [-0.1, -0.05) is 56.3 Å². The third kappa shape index (κ3) is 4.96. The standard InChI is InChI=1S/C15H21F2N/c1-12(11-18-15(4,16)17)14(2,3)10-13-8-6-5-7-9-13/h5-9,18H,1,10-11H2,2-4H3. The van der Waals surface area contributed by atoms with Gasteiger partial charge in [-0.2, -0.15) is 8.78 Å². The van der Waals surface area contributed by atoms with E-state index in [0.717, 1.165) is 18.9 Å². The number of benzene rings is 1. The third-order valence-corrected chi connectivity index (χ3v) is 3.06. The zero-order valence-electron chi connectivity index (χ0n) is 11.3. The zero-order chi connectivity index (χ0) is 13.8. The zero-order valence-corrected chi connectivity index (χ0v) is 11.3. The first-order valence-corrected chi connectivity index (χ1v) is 6.06. The fraction of sp³-hybridized carbons (Fsp3) is 0.467. The maximum Gasteiger partial charge on any atom is 0.299 e. The van der Waals surface area contributed by atoms with E-state index in [1.165, 1.54) is 5.56 Å². The molecule has 0 heterocycles. The van der Waals surface area contributed by atoms with Crippen LogP contribution in [0.5, 0.6) is 0 Å². The number of hydrogen-bond donors (Lipinski definition) is 1. The van der Waals surface area contributed by atoms with E-state index in [-0.39, 0.29) is 12.0 Å². The van der Waals surface area contributed by atoms with Crippen molar-refractivity contribution in [3.05, 3.63) is 48.0 Å². The molecule has 0 spiro atoms. The molecule has 3 heteroatoms. The summed E-state index contributed by atoms with van der Waals surface area (Å²) in [5.74, 6) is 0. The third-order valence-electron chi connectivity index (χ3n) is 3.06. The van der Waals surface area contributed by atoms with Gasteiger partial charge in [0, 0.05) is 13.5 Å². The van der Waals surface area contributed by atoms with Crippen molar-refractivity contribution in [3.63, 3.8) is 0 Å². The SMILES string of the molecule is C=C(CNC(C)(F)F)C(C)(C)Cc1ccccc1. The van der Waals surface area contributed by atoms with Crippen molar-refractivity contribution in [2.45, 2.75) is 33.2 Å². The minimum Gasteiger partial charge on any atom is -0.255 e. The van der Waals surface area contributed by atoms with Gasteiger partial charge in [0.25, 0.3) is 6.05 Å². The van der Waals surface area contributed by atoms with Crippen LogP contribution < -0.4 is 5.32 Å². The minimum atomic E-state index is -2.86. The Morgan fingerprint density at radius 1 is 1.17 bits per heavy atom.